The first-order valence-electron chi connectivity index (χ1n) is 12.1. The normalized spacial score (nSPS) is 17.1. The van der Waals surface area contributed by atoms with Crippen molar-refractivity contribution in [3.8, 4) is 18.1 Å². The van der Waals surface area contributed by atoms with Crippen molar-refractivity contribution in [2.45, 2.75) is 18.3 Å². The van der Waals surface area contributed by atoms with Crippen LogP contribution < -0.4 is 26.0 Å². The molecule has 1 aliphatic heterocycles. The molecule has 1 aromatic rings. The molecule has 1 heterocycles. The third-order valence-electron chi connectivity index (χ3n) is 5.31. The predicted octanol–water partition coefficient (Wildman–Crippen LogP) is 0.962. The van der Waals surface area contributed by atoms with Crippen LogP contribution in [-0.2, 0) is 25.5 Å². The first kappa shape index (κ1) is 29.7. The minimum atomic E-state index is -0.200. The minimum absolute atomic E-state index is 0.0679. The van der Waals surface area contributed by atoms with Crippen molar-refractivity contribution in [1.29, 1.82) is 0 Å². The highest BCUT2D eigenvalue weighted by Crippen LogP contribution is 2.22. The zero-order chi connectivity index (χ0) is 25.8. The van der Waals surface area contributed by atoms with Crippen molar-refractivity contribution >= 4 is 23.7 Å². The largest absolute Gasteiger partial charge is 0.497 e. The fraction of sp³-hybridized carbons (Fsp3) is 0.600. The summed E-state index contributed by atoms with van der Waals surface area (Å²) in [6.45, 7) is 5.45. The molecular formula is C25H38N4O6S. The van der Waals surface area contributed by atoms with Gasteiger partial charge in [0.05, 0.1) is 51.3 Å². The van der Waals surface area contributed by atoms with Gasteiger partial charge in [0.25, 0.3) is 0 Å². The predicted molar refractivity (Wildman–Crippen MR) is 140 cm³/mol. The molecule has 36 heavy (non-hydrogen) atoms. The second-order valence-electron chi connectivity index (χ2n) is 7.99. The lowest BCUT2D eigenvalue weighted by Crippen LogP contribution is -2.54. The van der Waals surface area contributed by atoms with Crippen LogP contribution in [0.25, 0.3) is 0 Å². The summed E-state index contributed by atoms with van der Waals surface area (Å²) in [7, 11) is 1.62. The molecular weight excluding hydrogens is 484 g/mol. The number of urea groups is 1. The molecule has 0 aliphatic carbocycles. The van der Waals surface area contributed by atoms with Gasteiger partial charge >= 0.3 is 6.03 Å². The number of methoxy groups -OCH3 is 1. The highest BCUT2D eigenvalue weighted by molar-refractivity contribution is 8.00. The molecule has 0 bridgehead atoms. The number of rotatable bonds is 19. The van der Waals surface area contributed by atoms with Crippen LogP contribution in [0.3, 0.4) is 0 Å². The van der Waals surface area contributed by atoms with Crippen molar-refractivity contribution in [1.82, 2.24) is 21.3 Å². The van der Waals surface area contributed by atoms with Crippen LogP contribution in [0.4, 0.5) is 4.79 Å². The maximum atomic E-state index is 12.3. The van der Waals surface area contributed by atoms with Crippen LogP contribution in [-0.4, -0.2) is 89.5 Å². The quantitative estimate of drug-likeness (QED) is 0.157. The number of nitrogens with one attached hydrogen (secondary N) is 4. The Labute approximate surface area is 217 Å². The standard InChI is InChI=1S/C25H38N4O6S/c1-3-11-33-13-15-35-16-14-34-12-10-26-9-8-21-18-28-25(31)29-24(21)36-19-23(30)27-17-20-4-6-22(32-2)7-5-20/h1,4-7,21,24,26H,8-19H2,2H3,(H,27,30)(H2,28,29,31). The molecule has 3 amide bonds. The first-order chi connectivity index (χ1) is 17.6. The van der Waals surface area contributed by atoms with Crippen molar-refractivity contribution in [2.24, 2.45) is 5.92 Å². The average molecular weight is 523 g/mol. The number of terminal acetylenes is 1. The molecule has 0 radical (unpaired) electrons. The Morgan fingerprint density at radius 3 is 2.56 bits per heavy atom. The Morgan fingerprint density at radius 2 is 1.83 bits per heavy atom. The zero-order valence-corrected chi connectivity index (χ0v) is 21.7. The van der Waals surface area contributed by atoms with Crippen molar-refractivity contribution < 1.29 is 28.5 Å². The van der Waals surface area contributed by atoms with Crippen LogP contribution in [0, 0.1) is 18.3 Å². The SMILES string of the molecule is C#CCOCCOCCOCCNCCC1CNC(=O)NC1SCC(=O)NCc1ccc(OC)cc1. The number of amides is 3. The van der Waals surface area contributed by atoms with Gasteiger partial charge in [0.2, 0.25) is 5.91 Å². The summed E-state index contributed by atoms with van der Waals surface area (Å²) in [5.41, 5.74) is 0.996. The van der Waals surface area contributed by atoms with E-state index in [0.717, 1.165) is 30.8 Å². The lowest BCUT2D eigenvalue weighted by atomic mass is 10.0. The van der Waals surface area contributed by atoms with Gasteiger partial charge in [-0.15, -0.1) is 18.2 Å². The van der Waals surface area contributed by atoms with Gasteiger partial charge in [-0.2, -0.15) is 0 Å². The summed E-state index contributed by atoms with van der Waals surface area (Å²) in [6, 6.07) is 7.36. The molecule has 1 saturated heterocycles. The molecule has 1 aromatic carbocycles. The van der Waals surface area contributed by atoms with Crippen LogP contribution in [0.5, 0.6) is 5.75 Å². The molecule has 0 aromatic heterocycles. The second-order valence-corrected chi connectivity index (χ2v) is 9.12. The number of benzene rings is 1. The third-order valence-corrected chi connectivity index (χ3v) is 6.60. The van der Waals surface area contributed by atoms with Gasteiger partial charge in [0.1, 0.15) is 12.4 Å². The van der Waals surface area contributed by atoms with Gasteiger partial charge in [-0.05, 0) is 30.7 Å². The molecule has 2 rings (SSSR count). The van der Waals surface area contributed by atoms with Crippen LogP contribution in [0.15, 0.2) is 24.3 Å². The topological polar surface area (TPSA) is 119 Å². The molecule has 2 unspecified atom stereocenters. The highest BCUT2D eigenvalue weighted by Gasteiger charge is 2.28. The van der Waals surface area contributed by atoms with E-state index in [9.17, 15) is 9.59 Å². The maximum absolute atomic E-state index is 12.3. The molecule has 10 nitrogen and oxygen atoms in total. The number of hydrogen-bond donors (Lipinski definition) is 4. The van der Waals surface area contributed by atoms with E-state index in [4.69, 9.17) is 25.4 Å². The smallest absolute Gasteiger partial charge is 0.315 e. The summed E-state index contributed by atoms with van der Waals surface area (Å²) in [6.07, 6.45) is 5.95. The molecule has 4 N–H and O–H groups in total. The van der Waals surface area contributed by atoms with E-state index in [0.29, 0.717) is 52.7 Å². The summed E-state index contributed by atoms with van der Waals surface area (Å²) >= 11 is 1.46. The molecule has 0 saturated carbocycles. The van der Waals surface area contributed by atoms with Gasteiger partial charge in [-0.3, -0.25) is 4.79 Å². The van der Waals surface area contributed by atoms with E-state index in [-0.39, 0.29) is 29.0 Å². The van der Waals surface area contributed by atoms with E-state index in [1.807, 2.05) is 24.3 Å². The Hall–Kier alpha value is -2.49. The molecule has 2 atom stereocenters. The van der Waals surface area contributed by atoms with Gasteiger partial charge in [-0.25, -0.2) is 4.79 Å². The molecule has 1 fully saturated rings. The Balaban J connectivity index is 1.54. The van der Waals surface area contributed by atoms with E-state index in [1.54, 1.807) is 7.11 Å². The average Bonchev–Trinajstić information content (AvgIpc) is 2.90. The highest BCUT2D eigenvalue weighted by atomic mass is 32.2. The fourth-order valence-electron chi connectivity index (χ4n) is 3.35. The van der Waals surface area contributed by atoms with Gasteiger partial charge in [0, 0.05) is 25.6 Å². The van der Waals surface area contributed by atoms with Crippen LogP contribution >= 0.6 is 11.8 Å². The van der Waals surface area contributed by atoms with Crippen LogP contribution in [0.1, 0.15) is 12.0 Å². The Morgan fingerprint density at radius 1 is 1.11 bits per heavy atom. The Bertz CT molecular complexity index is 805. The summed E-state index contributed by atoms with van der Waals surface area (Å²) < 4.78 is 21.2. The summed E-state index contributed by atoms with van der Waals surface area (Å²) in [5.74, 6) is 3.59. The monoisotopic (exact) mass is 522 g/mol. The maximum Gasteiger partial charge on any atom is 0.315 e. The fourth-order valence-corrected chi connectivity index (χ4v) is 4.48. The zero-order valence-electron chi connectivity index (χ0n) is 20.9. The molecule has 0 spiro atoms. The lowest BCUT2D eigenvalue weighted by molar-refractivity contribution is -0.118. The minimum Gasteiger partial charge on any atom is -0.497 e. The summed E-state index contributed by atoms with van der Waals surface area (Å²) in [4.78, 5) is 24.1. The number of hydrogen-bond acceptors (Lipinski definition) is 8. The van der Waals surface area contributed by atoms with E-state index >= 15 is 0 Å². The first-order valence-corrected chi connectivity index (χ1v) is 13.1. The summed E-state index contributed by atoms with van der Waals surface area (Å²) in [5, 5.41) is 11.9. The Kier molecular flexibility index (Phi) is 15.5. The molecule has 200 valence electrons. The van der Waals surface area contributed by atoms with E-state index < -0.39 is 0 Å². The number of carbonyl (C=O) groups is 2. The number of thioether (sulfide) groups is 1. The van der Waals surface area contributed by atoms with Gasteiger partial charge in [-0.1, -0.05) is 18.1 Å². The third kappa shape index (κ3) is 13.0. The lowest BCUT2D eigenvalue weighted by Gasteiger charge is -2.32. The molecule has 11 heteroatoms. The second kappa shape index (κ2) is 18.7. The van der Waals surface area contributed by atoms with E-state index in [2.05, 4.69) is 27.2 Å². The number of carbonyl (C=O) groups excluding carboxylic acids is 2. The van der Waals surface area contributed by atoms with E-state index in [1.165, 1.54) is 11.8 Å². The van der Waals surface area contributed by atoms with Crippen molar-refractivity contribution in [3.05, 3.63) is 29.8 Å². The van der Waals surface area contributed by atoms with Gasteiger partial charge < -0.3 is 40.2 Å². The molecule has 1 aliphatic rings. The number of ether oxygens (including phenoxy) is 4. The van der Waals surface area contributed by atoms with Crippen molar-refractivity contribution in [2.75, 3.05) is 72.1 Å². The van der Waals surface area contributed by atoms with Gasteiger partial charge in [0.15, 0.2) is 0 Å². The van der Waals surface area contributed by atoms with Crippen LogP contribution in [0.2, 0.25) is 0 Å². The van der Waals surface area contributed by atoms with Crippen molar-refractivity contribution in [3.63, 3.8) is 0 Å².